The van der Waals surface area contributed by atoms with Gasteiger partial charge in [-0.05, 0) is 30.7 Å². The minimum atomic E-state index is -3.58. The first-order valence-corrected chi connectivity index (χ1v) is 12.3. The molecule has 30 heavy (non-hydrogen) atoms. The zero-order valence-corrected chi connectivity index (χ0v) is 18.7. The number of aromatic nitrogens is 3. The third-order valence-electron chi connectivity index (χ3n) is 4.62. The van der Waals surface area contributed by atoms with Crippen LogP contribution in [-0.2, 0) is 10.0 Å². The number of rotatable bonds is 10. The van der Waals surface area contributed by atoms with Crippen LogP contribution in [0.2, 0.25) is 0 Å². The average Bonchev–Trinajstić information content (AvgIpc) is 3.19. The lowest BCUT2D eigenvalue weighted by molar-refractivity contribution is 0.296. The normalized spacial score (nSPS) is 11.9. The van der Waals surface area contributed by atoms with E-state index < -0.39 is 10.0 Å². The van der Waals surface area contributed by atoms with Crippen LogP contribution in [0.3, 0.4) is 0 Å². The molecule has 0 fully saturated rings. The van der Waals surface area contributed by atoms with Gasteiger partial charge in [-0.25, -0.2) is 8.42 Å². The van der Waals surface area contributed by atoms with Crippen molar-refractivity contribution in [3.05, 3.63) is 54.6 Å². The first kappa shape index (κ1) is 22.5. The molecule has 0 bridgehead atoms. The van der Waals surface area contributed by atoms with Crippen molar-refractivity contribution in [3.8, 4) is 17.1 Å². The highest BCUT2D eigenvalue weighted by atomic mass is 32.2. The second kappa shape index (κ2) is 10.2. The smallest absolute Gasteiger partial charge is 0.243 e. The Morgan fingerprint density at radius 2 is 1.77 bits per heavy atom. The van der Waals surface area contributed by atoms with Crippen LogP contribution in [0.4, 0.5) is 0 Å². The molecule has 0 atom stereocenters. The highest BCUT2D eigenvalue weighted by Gasteiger charge is 2.23. The van der Waals surface area contributed by atoms with Gasteiger partial charge in [0.05, 0.1) is 4.90 Å². The van der Waals surface area contributed by atoms with Crippen LogP contribution in [0.5, 0.6) is 0 Å². The molecule has 9 heteroatoms. The molecule has 1 aromatic heterocycles. The van der Waals surface area contributed by atoms with Gasteiger partial charge in [0, 0.05) is 36.7 Å². The van der Waals surface area contributed by atoms with Crippen molar-refractivity contribution in [2.24, 2.45) is 0 Å². The Bertz CT molecular complexity index is 1060. The maximum Gasteiger partial charge on any atom is 0.243 e. The number of nitrogens with zero attached hydrogens (tertiary/aromatic N) is 4. The average molecular weight is 447 g/mol. The van der Waals surface area contributed by atoms with Crippen LogP contribution in [0.25, 0.3) is 17.1 Å². The van der Waals surface area contributed by atoms with Gasteiger partial charge in [0.2, 0.25) is 10.0 Å². The van der Waals surface area contributed by atoms with Gasteiger partial charge in [-0.2, -0.15) is 4.31 Å². The second-order valence-corrected chi connectivity index (χ2v) is 9.52. The van der Waals surface area contributed by atoms with E-state index in [1.165, 1.54) is 16.1 Å². The highest BCUT2D eigenvalue weighted by molar-refractivity contribution is 7.99. The van der Waals surface area contributed by atoms with E-state index in [4.69, 9.17) is 5.11 Å². The lowest BCUT2D eigenvalue weighted by Gasteiger charge is -2.19. The number of hydrogen-bond acceptors (Lipinski definition) is 6. The van der Waals surface area contributed by atoms with E-state index in [0.29, 0.717) is 41.8 Å². The van der Waals surface area contributed by atoms with E-state index >= 15 is 0 Å². The van der Waals surface area contributed by atoms with Gasteiger partial charge in [0.1, 0.15) is 0 Å². The van der Waals surface area contributed by atoms with Crippen LogP contribution >= 0.6 is 11.8 Å². The van der Waals surface area contributed by atoms with E-state index in [0.717, 1.165) is 5.69 Å². The predicted molar refractivity (Wildman–Crippen MR) is 119 cm³/mol. The predicted octanol–water partition coefficient (Wildman–Crippen LogP) is 3.44. The van der Waals surface area contributed by atoms with E-state index in [-0.39, 0.29) is 11.5 Å². The number of aliphatic hydroxyl groups excluding tert-OH is 1. The fraction of sp³-hybridized carbons (Fsp3) is 0.333. The maximum atomic E-state index is 13.0. The van der Waals surface area contributed by atoms with Crippen LogP contribution in [0.15, 0.2) is 64.6 Å². The fourth-order valence-electron chi connectivity index (χ4n) is 3.10. The summed E-state index contributed by atoms with van der Waals surface area (Å²) in [4.78, 5) is 0.237. The molecule has 3 rings (SSSR count). The molecule has 0 amide bonds. The molecule has 0 spiro atoms. The summed E-state index contributed by atoms with van der Waals surface area (Å²) >= 11 is 1.51. The topological polar surface area (TPSA) is 88.3 Å². The number of thioether (sulfide) groups is 1. The molecular formula is C21H26N4O3S2. The lowest BCUT2D eigenvalue weighted by atomic mass is 10.2. The minimum Gasteiger partial charge on any atom is -0.396 e. The third-order valence-corrected chi connectivity index (χ3v) is 7.68. The first-order valence-electron chi connectivity index (χ1n) is 9.88. The molecule has 160 valence electrons. The standard InChI is InChI=1S/C21H26N4O3S2/c1-3-24(4-2)30(27,28)19-13-8-10-17(16-19)20-22-23-21(29-15-9-14-26)25(20)18-11-6-5-7-12-18/h5-8,10-13,16,26H,3-4,9,14-15H2,1-2H3. The van der Waals surface area contributed by atoms with Crippen LogP contribution in [-0.4, -0.2) is 58.0 Å². The molecule has 0 aliphatic heterocycles. The monoisotopic (exact) mass is 446 g/mol. The van der Waals surface area contributed by atoms with Crippen molar-refractivity contribution < 1.29 is 13.5 Å². The molecule has 1 N–H and O–H groups in total. The van der Waals surface area contributed by atoms with Crippen molar-refractivity contribution in [2.45, 2.75) is 30.3 Å². The lowest BCUT2D eigenvalue weighted by Crippen LogP contribution is -2.30. The van der Waals surface area contributed by atoms with E-state index in [2.05, 4.69) is 10.2 Å². The molecule has 0 saturated heterocycles. The van der Waals surface area contributed by atoms with Gasteiger partial charge < -0.3 is 5.11 Å². The molecule has 1 heterocycles. The molecule has 3 aromatic rings. The first-order chi connectivity index (χ1) is 14.5. The summed E-state index contributed by atoms with van der Waals surface area (Å²) in [6, 6.07) is 16.5. The summed E-state index contributed by atoms with van der Waals surface area (Å²) in [7, 11) is -3.58. The van der Waals surface area contributed by atoms with Crippen LogP contribution in [0, 0.1) is 0 Å². The number of para-hydroxylation sites is 1. The minimum absolute atomic E-state index is 0.116. The van der Waals surface area contributed by atoms with Crippen molar-refractivity contribution in [2.75, 3.05) is 25.4 Å². The molecule has 0 aliphatic rings. The molecule has 0 aliphatic carbocycles. The molecule has 0 unspecified atom stereocenters. The van der Waals surface area contributed by atoms with Gasteiger partial charge in [0.25, 0.3) is 0 Å². The van der Waals surface area contributed by atoms with E-state index in [9.17, 15) is 8.42 Å². The van der Waals surface area contributed by atoms with Gasteiger partial charge in [0.15, 0.2) is 11.0 Å². The van der Waals surface area contributed by atoms with Gasteiger partial charge in [-0.1, -0.05) is 55.9 Å². The van der Waals surface area contributed by atoms with Gasteiger partial charge in [-0.3, -0.25) is 4.57 Å². The van der Waals surface area contributed by atoms with Crippen molar-refractivity contribution in [3.63, 3.8) is 0 Å². The second-order valence-electron chi connectivity index (χ2n) is 6.52. The van der Waals surface area contributed by atoms with E-state index in [1.54, 1.807) is 18.2 Å². The zero-order chi connectivity index (χ0) is 21.6. The van der Waals surface area contributed by atoms with Gasteiger partial charge in [-0.15, -0.1) is 10.2 Å². The number of aliphatic hydroxyl groups is 1. The summed E-state index contributed by atoms with van der Waals surface area (Å²) < 4.78 is 29.3. The summed E-state index contributed by atoms with van der Waals surface area (Å²) in [6.45, 7) is 4.59. The van der Waals surface area contributed by atoms with Gasteiger partial charge >= 0.3 is 0 Å². The van der Waals surface area contributed by atoms with Crippen LogP contribution < -0.4 is 0 Å². The summed E-state index contributed by atoms with van der Waals surface area (Å²) in [5, 5.41) is 18.5. The Morgan fingerprint density at radius 1 is 1.03 bits per heavy atom. The Labute approximate surface area is 181 Å². The summed E-state index contributed by atoms with van der Waals surface area (Å²) in [6.07, 6.45) is 0.652. The maximum absolute atomic E-state index is 13.0. The number of benzene rings is 2. The Balaban J connectivity index is 2.08. The molecule has 2 aromatic carbocycles. The third kappa shape index (κ3) is 4.75. The Hall–Kier alpha value is -2.20. The van der Waals surface area contributed by atoms with Crippen molar-refractivity contribution in [1.29, 1.82) is 0 Å². The fourth-order valence-corrected chi connectivity index (χ4v) is 5.48. The number of sulfonamides is 1. The summed E-state index contributed by atoms with van der Waals surface area (Å²) in [5.41, 5.74) is 1.56. The highest BCUT2D eigenvalue weighted by Crippen LogP contribution is 2.30. The molecular weight excluding hydrogens is 420 g/mol. The van der Waals surface area contributed by atoms with Crippen LogP contribution in [0.1, 0.15) is 20.3 Å². The molecule has 0 saturated carbocycles. The van der Waals surface area contributed by atoms with Crippen molar-refractivity contribution >= 4 is 21.8 Å². The quantitative estimate of drug-likeness (QED) is 0.379. The Kier molecular flexibility index (Phi) is 7.65. The number of hydrogen-bond donors (Lipinski definition) is 1. The Morgan fingerprint density at radius 3 is 2.43 bits per heavy atom. The SMILES string of the molecule is CCN(CC)S(=O)(=O)c1cccc(-c2nnc(SCCCO)n2-c2ccccc2)c1. The molecule has 0 radical (unpaired) electrons. The largest absolute Gasteiger partial charge is 0.396 e. The molecule has 7 nitrogen and oxygen atoms in total. The van der Waals surface area contributed by atoms with E-state index in [1.807, 2.05) is 54.8 Å². The van der Waals surface area contributed by atoms with Crippen molar-refractivity contribution in [1.82, 2.24) is 19.1 Å². The summed E-state index contributed by atoms with van der Waals surface area (Å²) in [5.74, 6) is 1.28. The zero-order valence-electron chi connectivity index (χ0n) is 17.1.